The molecule has 56 heavy (non-hydrogen) atoms. The lowest BCUT2D eigenvalue weighted by Gasteiger charge is -2.26. The first kappa shape index (κ1) is 32.6. The van der Waals surface area contributed by atoms with Crippen molar-refractivity contribution in [1.82, 2.24) is 15.0 Å². The predicted molar refractivity (Wildman–Crippen MR) is 231 cm³/mol. The van der Waals surface area contributed by atoms with Gasteiger partial charge in [-0.25, -0.2) is 15.0 Å². The third kappa shape index (κ3) is 5.51. The summed E-state index contributed by atoms with van der Waals surface area (Å²) in [5.74, 6) is 0.902. The molecule has 9 aromatic rings. The van der Waals surface area contributed by atoms with Gasteiger partial charge in [-0.3, -0.25) is 0 Å². The third-order valence-corrected chi connectivity index (χ3v) is 12.4. The van der Waals surface area contributed by atoms with E-state index in [1.807, 2.05) is 36.0 Å². The standard InChI is InChI=1S/C51H34N4S/c1-5-15-34(16-6-1)43-32-44(54-50(53-43)37-19-9-3-10-20-37)35-27-25-33(26-28-35)38-29-30-42-41(31-38)46-47-40-23-13-14-24-45(40)55(39-21-11-4-12-22-39)51(47)56-49(46)48(52-42)36-17-7-2-8-18-36/h1-32,47,51H. The van der Waals surface area contributed by atoms with Gasteiger partial charge in [0.2, 0.25) is 0 Å². The van der Waals surface area contributed by atoms with Crippen molar-refractivity contribution in [2.75, 3.05) is 4.90 Å². The quantitative estimate of drug-likeness (QED) is 0.170. The van der Waals surface area contributed by atoms with Crippen LogP contribution in [-0.2, 0) is 0 Å². The zero-order valence-electron chi connectivity index (χ0n) is 30.3. The maximum Gasteiger partial charge on any atom is 0.160 e. The summed E-state index contributed by atoms with van der Waals surface area (Å²) in [4.78, 5) is 19.3. The topological polar surface area (TPSA) is 41.9 Å². The Bertz CT molecular complexity index is 2820. The molecule has 0 amide bonds. The van der Waals surface area contributed by atoms with Crippen molar-refractivity contribution in [2.45, 2.75) is 16.2 Å². The van der Waals surface area contributed by atoms with E-state index in [0.29, 0.717) is 5.82 Å². The maximum absolute atomic E-state index is 5.40. The normalized spacial score (nSPS) is 15.4. The molecule has 4 nitrogen and oxygen atoms in total. The number of fused-ring (bicyclic) bond motifs is 7. The Balaban J connectivity index is 1.03. The molecule has 11 rings (SSSR count). The summed E-state index contributed by atoms with van der Waals surface area (Å²) in [5, 5.41) is 1.39. The summed E-state index contributed by atoms with van der Waals surface area (Å²) >= 11 is 1.95. The molecule has 2 unspecified atom stereocenters. The fourth-order valence-electron chi connectivity index (χ4n) is 8.40. The number of anilines is 2. The second-order valence-electron chi connectivity index (χ2n) is 14.3. The van der Waals surface area contributed by atoms with Gasteiger partial charge in [0.05, 0.1) is 28.0 Å². The van der Waals surface area contributed by atoms with Crippen LogP contribution in [-0.4, -0.2) is 20.3 Å². The van der Waals surface area contributed by atoms with Crippen molar-refractivity contribution in [3.8, 4) is 56.3 Å². The molecule has 0 fully saturated rings. The molecule has 5 heteroatoms. The lowest BCUT2D eigenvalue weighted by atomic mass is 9.88. The van der Waals surface area contributed by atoms with Gasteiger partial charge in [-0.2, -0.15) is 0 Å². The molecule has 0 aliphatic carbocycles. The summed E-state index contributed by atoms with van der Waals surface area (Å²) in [5.41, 5.74) is 15.7. The Morgan fingerprint density at radius 1 is 0.446 bits per heavy atom. The number of aromatic nitrogens is 3. The monoisotopic (exact) mass is 734 g/mol. The van der Waals surface area contributed by atoms with E-state index in [2.05, 4.69) is 175 Å². The van der Waals surface area contributed by atoms with Gasteiger partial charge in [0, 0.05) is 49.8 Å². The molecule has 0 N–H and O–H groups in total. The summed E-state index contributed by atoms with van der Waals surface area (Å²) in [7, 11) is 0. The Kier molecular flexibility index (Phi) is 7.85. The summed E-state index contributed by atoms with van der Waals surface area (Å²) in [6.45, 7) is 0. The van der Waals surface area contributed by atoms with E-state index in [0.717, 1.165) is 56.0 Å². The van der Waals surface area contributed by atoms with Crippen LogP contribution in [0.5, 0.6) is 0 Å². The van der Waals surface area contributed by atoms with Crippen LogP contribution in [0.15, 0.2) is 199 Å². The Morgan fingerprint density at radius 2 is 1.00 bits per heavy atom. The Hall–Kier alpha value is -6.82. The molecule has 264 valence electrons. The van der Waals surface area contributed by atoms with Gasteiger partial charge < -0.3 is 4.90 Å². The largest absolute Gasteiger partial charge is 0.327 e. The highest BCUT2D eigenvalue weighted by atomic mass is 32.2. The van der Waals surface area contributed by atoms with E-state index in [1.165, 1.54) is 32.8 Å². The molecular formula is C51H34N4S. The van der Waals surface area contributed by atoms with E-state index in [1.54, 1.807) is 0 Å². The number of benzene rings is 7. The van der Waals surface area contributed by atoms with Gasteiger partial charge in [-0.15, -0.1) is 0 Å². The van der Waals surface area contributed by atoms with Gasteiger partial charge in [-0.1, -0.05) is 169 Å². The van der Waals surface area contributed by atoms with E-state index in [9.17, 15) is 0 Å². The van der Waals surface area contributed by atoms with Crippen molar-refractivity contribution in [1.29, 1.82) is 0 Å². The molecule has 0 saturated carbocycles. The van der Waals surface area contributed by atoms with Crippen molar-refractivity contribution in [3.63, 3.8) is 0 Å². The summed E-state index contributed by atoms with van der Waals surface area (Å²) < 4.78 is 0. The first-order valence-corrected chi connectivity index (χ1v) is 19.9. The van der Waals surface area contributed by atoms with Gasteiger partial charge in [0.25, 0.3) is 0 Å². The highest BCUT2D eigenvalue weighted by Crippen LogP contribution is 2.62. The fourth-order valence-corrected chi connectivity index (χ4v) is 10.0. The van der Waals surface area contributed by atoms with Gasteiger partial charge >= 0.3 is 0 Å². The number of hydrogen-bond donors (Lipinski definition) is 0. The van der Waals surface area contributed by atoms with Crippen LogP contribution in [0.4, 0.5) is 11.4 Å². The van der Waals surface area contributed by atoms with Crippen LogP contribution < -0.4 is 4.90 Å². The molecule has 0 saturated heterocycles. The minimum atomic E-state index is 0.178. The van der Waals surface area contributed by atoms with Crippen LogP contribution in [0.2, 0.25) is 0 Å². The molecule has 7 aromatic carbocycles. The van der Waals surface area contributed by atoms with Crippen molar-refractivity contribution in [3.05, 3.63) is 205 Å². The average molecular weight is 735 g/mol. The number of pyridine rings is 1. The van der Waals surface area contributed by atoms with Crippen molar-refractivity contribution < 1.29 is 0 Å². The van der Waals surface area contributed by atoms with Gasteiger partial charge in [0.15, 0.2) is 5.82 Å². The second-order valence-corrected chi connectivity index (χ2v) is 15.4. The molecule has 0 spiro atoms. The smallest absolute Gasteiger partial charge is 0.160 e. The van der Waals surface area contributed by atoms with E-state index < -0.39 is 0 Å². The highest BCUT2D eigenvalue weighted by molar-refractivity contribution is 8.00. The van der Waals surface area contributed by atoms with Crippen LogP contribution in [0.25, 0.3) is 67.2 Å². The van der Waals surface area contributed by atoms with E-state index >= 15 is 0 Å². The van der Waals surface area contributed by atoms with Gasteiger partial charge in [0.1, 0.15) is 0 Å². The fraction of sp³-hybridized carbons (Fsp3) is 0.0392. The first-order valence-electron chi connectivity index (χ1n) is 19.0. The molecule has 2 atom stereocenters. The minimum Gasteiger partial charge on any atom is -0.327 e. The molecule has 0 radical (unpaired) electrons. The average Bonchev–Trinajstić information content (AvgIpc) is 3.82. The lowest BCUT2D eigenvalue weighted by molar-refractivity contribution is 0.824. The predicted octanol–water partition coefficient (Wildman–Crippen LogP) is 13.1. The highest BCUT2D eigenvalue weighted by Gasteiger charge is 2.48. The molecular weight excluding hydrogens is 701 g/mol. The van der Waals surface area contributed by atoms with Crippen LogP contribution in [0.1, 0.15) is 17.0 Å². The summed E-state index contributed by atoms with van der Waals surface area (Å²) in [6, 6.07) is 68.7. The SMILES string of the molecule is c1ccc(-c2cc(-c3ccc(-c4ccc5nc(-c6ccccc6)c6c(c5c4)C4c5ccccc5N(c5ccccc5)C4S6)cc3)nc(-c3ccccc3)n2)cc1. The van der Waals surface area contributed by atoms with Crippen LogP contribution in [0, 0.1) is 0 Å². The number of thioether (sulfide) groups is 1. The summed E-state index contributed by atoms with van der Waals surface area (Å²) in [6.07, 6.45) is 0. The zero-order valence-corrected chi connectivity index (χ0v) is 31.1. The Labute approximate surface area is 330 Å². The number of rotatable bonds is 6. The first-order chi connectivity index (χ1) is 27.8. The third-order valence-electron chi connectivity index (χ3n) is 11.0. The van der Waals surface area contributed by atoms with Crippen LogP contribution in [0.3, 0.4) is 0 Å². The minimum absolute atomic E-state index is 0.178. The number of hydrogen-bond acceptors (Lipinski definition) is 5. The number of para-hydroxylation sites is 2. The van der Waals surface area contributed by atoms with Gasteiger partial charge in [-0.05, 0) is 58.7 Å². The van der Waals surface area contributed by atoms with E-state index in [4.69, 9.17) is 15.0 Å². The lowest BCUT2D eigenvalue weighted by Crippen LogP contribution is -2.24. The van der Waals surface area contributed by atoms with Crippen LogP contribution >= 0.6 is 11.8 Å². The maximum atomic E-state index is 5.40. The second kappa shape index (κ2) is 13.5. The van der Waals surface area contributed by atoms with Crippen molar-refractivity contribution >= 4 is 34.0 Å². The number of nitrogens with zero attached hydrogens (tertiary/aromatic N) is 4. The Morgan fingerprint density at radius 3 is 1.70 bits per heavy atom. The molecule has 4 heterocycles. The molecule has 0 bridgehead atoms. The molecule has 2 aromatic heterocycles. The molecule has 2 aliphatic rings. The zero-order chi connectivity index (χ0) is 37.0. The molecule has 2 aliphatic heterocycles. The van der Waals surface area contributed by atoms with E-state index in [-0.39, 0.29) is 11.3 Å². The van der Waals surface area contributed by atoms with Crippen molar-refractivity contribution in [2.24, 2.45) is 0 Å².